The predicted octanol–water partition coefficient (Wildman–Crippen LogP) is 6.13. The minimum Gasteiger partial charge on any atom is -0.296 e. The van der Waals surface area contributed by atoms with Crippen molar-refractivity contribution in [2.75, 3.05) is 0 Å². The molecule has 5 aromatic rings. The molecule has 0 fully saturated rings. The van der Waals surface area contributed by atoms with Crippen molar-refractivity contribution in [1.29, 1.82) is 0 Å². The Kier molecular flexibility index (Phi) is 5.62. The van der Waals surface area contributed by atoms with Gasteiger partial charge in [0.1, 0.15) is 16.7 Å². The number of hydrogen-bond donors (Lipinski definition) is 0. The fourth-order valence-electron chi connectivity index (χ4n) is 4.36. The highest BCUT2D eigenvalue weighted by Crippen LogP contribution is 2.30. The van der Waals surface area contributed by atoms with Crippen molar-refractivity contribution < 1.29 is 0 Å². The Bertz CT molecular complexity index is 1570. The van der Waals surface area contributed by atoms with E-state index in [0.717, 1.165) is 48.0 Å². The molecule has 2 aromatic carbocycles. The molecule has 0 radical (unpaired) electrons. The summed E-state index contributed by atoms with van der Waals surface area (Å²) in [4.78, 5) is 28.4. The van der Waals surface area contributed by atoms with E-state index in [1.165, 1.54) is 0 Å². The van der Waals surface area contributed by atoms with Gasteiger partial charge in [-0.15, -0.1) is 0 Å². The van der Waals surface area contributed by atoms with Gasteiger partial charge in [0, 0.05) is 11.6 Å². The van der Waals surface area contributed by atoms with Gasteiger partial charge in [-0.2, -0.15) is 0 Å². The van der Waals surface area contributed by atoms with Crippen LogP contribution < -0.4 is 5.56 Å². The molecule has 33 heavy (non-hydrogen) atoms. The van der Waals surface area contributed by atoms with Crippen LogP contribution in [0.1, 0.15) is 44.0 Å². The van der Waals surface area contributed by atoms with Crippen molar-refractivity contribution in [2.45, 2.75) is 53.0 Å². The Morgan fingerprint density at radius 2 is 1.67 bits per heavy atom. The van der Waals surface area contributed by atoms with E-state index in [4.69, 9.17) is 26.6 Å². The Morgan fingerprint density at radius 1 is 0.909 bits per heavy atom. The van der Waals surface area contributed by atoms with Crippen molar-refractivity contribution in [2.24, 2.45) is 0 Å². The first kappa shape index (κ1) is 21.6. The summed E-state index contributed by atoms with van der Waals surface area (Å²) in [6.07, 6.45) is 4.35. The standard InChI is InChI=1S/C26H26ClN5O/c1-4-5-6-9-14-31-17(3)28-24-22(26(31)33)23-25(30-21-11-8-7-10-20(21)29-23)32(24)18-13-12-16(2)19(27)15-18/h7-8,10-13,15H,4-6,9,14H2,1-3H3. The molecular formula is C26H26ClN5O. The fraction of sp³-hybridized carbons (Fsp3) is 0.308. The predicted molar refractivity (Wildman–Crippen MR) is 135 cm³/mol. The second-order valence-corrected chi connectivity index (χ2v) is 8.94. The van der Waals surface area contributed by atoms with Crippen molar-refractivity contribution in [3.63, 3.8) is 0 Å². The lowest BCUT2D eigenvalue weighted by Gasteiger charge is -2.11. The maximum Gasteiger partial charge on any atom is 0.265 e. The van der Waals surface area contributed by atoms with Crippen molar-refractivity contribution >= 4 is 44.8 Å². The molecule has 0 saturated carbocycles. The van der Waals surface area contributed by atoms with Crippen LogP contribution in [0.15, 0.2) is 47.3 Å². The van der Waals surface area contributed by atoms with E-state index in [1.54, 1.807) is 4.57 Å². The van der Waals surface area contributed by atoms with Gasteiger partial charge in [-0.3, -0.25) is 13.9 Å². The van der Waals surface area contributed by atoms with Crippen molar-refractivity contribution in [1.82, 2.24) is 24.1 Å². The number of fused-ring (bicyclic) bond motifs is 4. The molecule has 3 heterocycles. The van der Waals surface area contributed by atoms with Gasteiger partial charge in [0.2, 0.25) is 0 Å². The van der Waals surface area contributed by atoms with Gasteiger partial charge in [0.05, 0.1) is 16.7 Å². The summed E-state index contributed by atoms with van der Waals surface area (Å²) in [6, 6.07) is 13.5. The molecule has 7 heteroatoms. The van der Waals surface area contributed by atoms with Gasteiger partial charge in [0.15, 0.2) is 11.3 Å². The van der Waals surface area contributed by atoms with E-state index in [9.17, 15) is 4.79 Å². The van der Waals surface area contributed by atoms with Crippen molar-refractivity contribution in [3.05, 3.63) is 69.2 Å². The molecule has 0 spiro atoms. The monoisotopic (exact) mass is 459 g/mol. The van der Waals surface area contributed by atoms with Crippen LogP contribution in [0.4, 0.5) is 0 Å². The molecule has 0 saturated heterocycles. The third-order valence-electron chi connectivity index (χ3n) is 6.20. The van der Waals surface area contributed by atoms with E-state index < -0.39 is 0 Å². The molecule has 0 aliphatic rings. The molecule has 168 valence electrons. The van der Waals surface area contributed by atoms with Gasteiger partial charge in [-0.25, -0.2) is 15.0 Å². The second kappa shape index (κ2) is 8.60. The van der Waals surface area contributed by atoms with E-state index in [2.05, 4.69) is 6.92 Å². The quantitative estimate of drug-likeness (QED) is 0.286. The number of halogens is 1. The van der Waals surface area contributed by atoms with Crippen LogP contribution in [0.2, 0.25) is 5.02 Å². The summed E-state index contributed by atoms with van der Waals surface area (Å²) >= 11 is 6.46. The molecule has 0 aliphatic heterocycles. The Balaban J connectivity index is 1.84. The van der Waals surface area contributed by atoms with Crippen LogP contribution in [0.5, 0.6) is 0 Å². The number of rotatable bonds is 6. The number of nitrogens with zero attached hydrogens (tertiary/aromatic N) is 5. The number of aromatic nitrogens is 5. The summed E-state index contributed by atoms with van der Waals surface area (Å²) < 4.78 is 3.69. The average Bonchev–Trinajstić information content (AvgIpc) is 3.11. The first-order chi connectivity index (χ1) is 16.0. The van der Waals surface area contributed by atoms with E-state index >= 15 is 0 Å². The number of aryl methyl sites for hydroxylation is 2. The van der Waals surface area contributed by atoms with Gasteiger partial charge in [-0.05, 0) is 50.1 Å². The lowest BCUT2D eigenvalue weighted by atomic mass is 10.2. The number of hydrogen-bond acceptors (Lipinski definition) is 4. The Hall–Kier alpha value is -3.25. The minimum atomic E-state index is -0.0689. The van der Waals surface area contributed by atoms with Gasteiger partial charge in [-0.1, -0.05) is 56.0 Å². The summed E-state index contributed by atoms with van der Waals surface area (Å²) in [7, 11) is 0. The molecule has 0 atom stereocenters. The number of para-hydroxylation sites is 2. The average molecular weight is 460 g/mol. The minimum absolute atomic E-state index is 0.0689. The zero-order valence-corrected chi connectivity index (χ0v) is 19.9. The van der Waals surface area contributed by atoms with E-state index in [-0.39, 0.29) is 5.56 Å². The van der Waals surface area contributed by atoms with Crippen LogP contribution in [0.25, 0.3) is 38.9 Å². The molecule has 0 amide bonds. The maximum absolute atomic E-state index is 13.7. The first-order valence-corrected chi connectivity index (χ1v) is 11.8. The lowest BCUT2D eigenvalue weighted by molar-refractivity contribution is 0.556. The molecule has 0 unspecified atom stereocenters. The summed E-state index contributed by atoms with van der Waals surface area (Å²) in [5, 5.41) is 1.15. The van der Waals surface area contributed by atoms with E-state index in [0.29, 0.717) is 39.6 Å². The zero-order chi connectivity index (χ0) is 23.1. The molecule has 3 aromatic heterocycles. The molecule has 0 bridgehead atoms. The fourth-order valence-corrected chi connectivity index (χ4v) is 4.53. The zero-order valence-electron chi connectivity index (χ0n) is 19.1. The van der Waals surface area contributed by atoms with Gasteiger partial charge in [0.25, 0.3) is 5.56 Å². The number of benzene rings is 2. The lowest BCUT2D eigenvalue weighted by Crippen LogP contribution is -2.24. The second-order valence-electron chi connectivity index (χ2n) is 8.53. The van der Waals surface area contributed by atoms with Crippen LogP contribution in [0, 0.1) is 13.8 Å². The smallest absolute Gasteiger partial charge is 0.265 e. The van der Waals surface area contributed by atoms with Gasteiger partial charge < -0.3 is 0 Å². The SMILES string of the molecule is CCCCCCn1c(C)nc2c(c1=O)c1nc3ccccc3nc1n2-c1ccc(C)c(Cl)c1. The number of unbranched alkanes of at least 4 members (excludes halogenated alkanes) is 3. The van der Waals surface area contributed by atoms with Crippen LogP contribution in [-0.4, -0.2) is 24.1 Å². The van der Waals surface area contributed by atoms with E-state index in [1.807, 2.05) is 60.9 Å². The summed E-state index contributed by atoms with van der Waals surface area (Å²) in [5.74, 6) is 0.691. The highest BCUT2D eigenvalue weighted by atomic mass is 35.5. The van der Waals surface area contributed by atoms with Crippen LogP contribution >= 0.6 is 11.6 Å². The normalized spacial score (nSPS) is 11.8. The highest BCUT2D eigenvalue weighted by molar-refractivity contribution is 6.31. The topological polar surface area (TPSA) is 65.6 Å². The molecule has 5 rings (SSSR count). The molecule has 6 nitrogen and oxygen atoms in total. The van der Waals surface area contributed by atoms with Crippen LogP contribution in [-0.2, 0) is 6.54 Å². The highest BCUT2D eigenvalue weighted by Gasteiger charge is 2.22. The van der Waals surface area contributed by atoms with Crippen LogP contribution in [0.3, 0.4) is 0 Å². The Morgan fingerprint density at radius 3 is 2.39 bits per heavy atom. The third kappa shape index (κ3) is 3.68. The van der Waals surface area contributed by atoms with Gasteiger partial charge >= 0.3 is 0 Å². The molecular weight excluding hydrogens is 434 g/mol. The largest absolute Gasteiger partial charge is 0.296 e. The molecule has 0 aliphatic carbocycles. The van der Waals surface area contributed by atoms with Crippen molar-refractivity contribution in [3.8, 4) is 5.69 Å². The molecule has 0 N–H and O–H groups in total. The summed E-state index contributed by atoms with van der Waals surface area (Å²) in [5.41, 5.74) is 4.98. The Labute approximate surface area is 196 Å². The first-order valence-electron chi connectivity index (χ1n) is 11.4. The summed E-state index contributed by atoms with van der Waals surface area (Å²) in [6.45, 7) is 6.69. The maximum atomic E-state index is 13.7. The third-order valence-corrected chi connectivity index (χ3v) is 6.61.